The van der Waals surface area contributed by atoms with E-state index in [9.17, 15) is 0 Å². The number of benzene rings is 1. The van der Waals surface area contributed by atoms with Crippen molar-refractivity contribution in [3.8, 4) is 0 Å². The minimum atomic E-state index is 0.146. The molecule has 100 valence electrons. The van der Waals surface area contributed by atoms with Crippen LogP contribution in [0.3, 0.4) is 0 Å². The lowest BCUT2D eigenvalue weighted by atomic mass is 10.00. The molecular weight excluding hydrogens is 248 g/mol. The van der Waals surface area contributed by atoms with E-state index in [1.54, 1.807) is 0 Å². The van der Waals surface area contributed by atoms with Crippen LogP contribution in [-0.2, 0) is 4.74 Å². The Bertz CT molecular complexity index is 386. The monoisotopic (exact) mass is 268 g/mol. The van der Waals surface area contributed by atoms with E-state index >= 15 is 0 Å². The van der Waals surface area contributed by atoms with Gasteiger partial charge >= 0.3 is 0 Å². The Morgan fingerprint density at radius 2 is 2.28 bits per heavy atom. The highest BCUT2D eigenvalue weighted by molar-refractivity contribution is 6.31. The number of hydrogen-bond acceptors (Lipinski definition) is 3. The quantitative estimate of drug-likeness (QED) is 0.907. The summed E-state index contributed by atoms with van der Waals surface area (Å²) >= 11 is 6.28. The van der Waals surface area contributed by atoms with Crippen LogP contribution in [0.1, 0.15) is 18.5 Å². The molecule has 0 amide bonds. The van der Waals surface area contributed by atoms with Gasteiger partial charge in [-0.15, -0.1) is 0 Å². The van der Waals surface area contributed by atoms with Crippen LogP contribution in [0.4, 0.5) is 0 Å². The summed E-state index contributed by atoms with van der Waals surface area (Å²) in [6, 6.07) is 8.12. The molecule has 0 aromatic heterocycles. The fourth-order valence-electron chi connectivity index (χ4n) is 2.49. The molecule has 3 nitrogen and oxygen atoms in total. The molecule has 1 aromatic carbocycles. The van der Waals surface area contributed by atoms with E-state index in [-0.39, 0.29) is 12.1 Å². The van der Waals surface area contributed by atoms with E-state index < -0.39 is 0 Å². The maximum Gasteiger partial charge on any atom is 0.0897 e. The molecule has 0 bridgehead atoms. The third-order valence-electron chi connectivity index (χ3n) is 3.55. The first-order valence-electron chi connectivity index (χ1n) is 6.52. The van der Waals surface area contributed by atoms with Gasteiger partial charge in [0.2, 0.25) is 0 Å². The summed E-state index contributed by atoms with van der Waals surface area (Å²) in [6.45, 7) is 6.02. The Hall–Kier alpha value is -0.610. The second-order valence-electron chi connectivity index (χ2n) is 4.59. The van der Waals surface area contributed by atoms with Gasteiger partial charge in [-0.05, 0) is 25.2 Å². The van der Waals surface area contributed by atoms with Gasteiger partial charge in [0, 0.05) is 18.1 Å². The molecule has 1 N–H and O–H groups in total. The summed E-state index contributed by atoms with van der Waals surface area (Å²) in [6.07, 6.45) is 0.156. The number of nitrogens with one attached hydrogen (secondary N) is 1. The molecule has 1 saturated heterocycles. The molecule has 1 aromatic rings. The van der Waals surface area contributed by atoms with Crippen LogP contribution in [0.25, 0.3) is 0 Å². The van der Waals surface area contributed by atoms with Crippen molar-refractivity contribution >= 4 is 11.6 Å². The Balaban J connectivity index is 2.15. The van der Waals surface area contributed by atoms with Crippen molar-refractivity contribution in [3.05, 3.63) is 34.9 Å². The lowest BCUT2D eigenvalue weighted by molar-refractivity contribution is -0.0444. The molecule has 2 atom stereocenters. The first kappa shape index (κ1) is 13.8. The molecule has 1 aliphatic rings. The smallest absolute Gasteiger partial charge is 0.0897 e. The normalized spacial score (nSPS) is 22.9. The largest absolute Gasteiger partial charge is 0.374 e. The fraction of sp³-hybridized carbons (Fsp3) is 0.571. The zero-order chi connectivity index (χ0) is 13.0. The highest BCUT2D eigenvalue weighted by Gasteiger charge is 2.28. The minimum Gasteiger partial charge on any atom is -0.374 e. The third-order valence-corrected chi connectivity index (χ3v) is 3.89. The molecule has 0 saturated carbocycles. The van der Waals surface area contributed by atoms with Gasteiger partial charge in [0.1, 0.15) is 0 Å². The van der Waals surface area contributed by atoms with Crippen molar-refractivity contribution in [1.82, 2.24) is 10.2 Å². The zero-order valence-corrected chi connectivity index (χ0v) is 11.8. The molecule has 0 aliphatic carbocycles. The third kappa shape index (κ3) is 3.04. The molecule has 1 heterocycles. The SMILES string of the molecule is CCN1CCOC(C(NC)c2ccccc2Cl)C1. The van der Waals surface area contributed by atoms with Gasteiger partial charge < -0.3 is 10.1 Å². The van der Waals surface area contributed by atoms with Crippen LogP contribution in [-0.4, -0.2) is 44.3 Å². The van der Waals surface area contributed by atoms with Gasteiger partial charge in [0.25, 0.3) is 0 Å². The van der Waals surface area contributed by atoms with Crippen LogP contribution in [0, 0.1) is 0 Å². The van der Waals surface area contributed by atoms with E-state index in [2.05, 4.69) is 23.2 Å². The summed E-state index contributed by atoms with van der Waals surface area (Å²) in [5.41, 5.74) is 1.12. The van der Waals surface area contributed by atoms with E-state index in [0.717, 1.165) is 36.8 Å². The standard InChI is InChI=1S/C14H21ClN2O/c1-3-17-8-9-18-13(10-17)14(16-2)11-6-4-5-7-12(11)15/h4-7,13-14,16H,3,8-10H2,1-2H3. The molecule has 0 spiro atoms. The van der Waals surface area contributed by atoms with Gasteiger partial charge in [-0.2, -0.15) is 0 Å². The van der Waals surface area contributed by atoms with E-state index in [4.69, 9.17) is 16.3 Å². The van der Waals surface area contributed by atoms with Crippen molar-refractivity contribution in [2.24, 2.45) is 0 Å². The van der Waals surface area contributed by atoms with Gasteiger partial charge in [0.15, 0.2) is 0 Å². The summed E-state index contributed by atoms with van der Waals surface area (Å²) in [5, 5.41) is 4.14. The van der Waals surface area contributed by atoms with Gasteiger partial charge in [-0.3, -0.25) is 4.90 Å². The lowest BCUT2D eigenvalue weighted by Gasteiger charge is -2.36. The summed E-state index contributed by atoms with van der Waals surface area (Å²) in [7, 11) is 1.96. The number of rotatable bonds is 4. The number of hydrogen-bond donors (Lipinski definition) is 1. The van der Waals surface area contributed by atoms with Gasteiger partial charge in [-0.25, -0.2) is 0 Å². The maximum atomic E-state index is 6.28. The predicted octanol–water partition coefficient (Wildman–Crippen LogP) is 2.32. The Kier molecular flexibility index (Phi) is 5.01. The summed E-state index contributed by atoms with van der Waals surface area (Å²) < 4.78 is 5.91. The van der Waals surface area contributed by atoms with Crippen molar-refractivity contribution < 1.29 is 4.74 Å². The fourth-order valence-corrected chi connectivity index (χ4v) is 2.74. The van der Waals surface area contributed by atoms with Crippen LogP contribution < -0.4 is 5.32 Å². The molecule has 0 radical (unpaired) electrons. The van der Waals surface area contributed by atoms with Gasteiger partial charge in [-0.1, -0.05) is 36.7 Å². The average molecular weight is 269 g/mol. The predicted molar refractivity (Wildman–Crippen MR) is 75.1 cm³/mol. The molecule has 2 rings (SSSR count). The van der Waals surface area contributed by atoms with Crippen molar-refractivity contribution in [2.45, 2.75) is 19.1 Å². The Morgan fingerprint density at radius 3 is 2.94 bits per heavy atom. The number of nitrogens with zero attached hydrogens (tertiary/aromatic N) is 1. The Morgan fingerprint density at radius 1 is 1.50 bits per heavy atom. The number of ether oxygens (including phenoxy) is 1. The molecular formula is C14H21ClN2O. The second kappa shape index (κ2) is 6.53. The summed E-state index contributed by atoms with van der Waals surface area (Å²) in [4.78, 5) is 2.41. The molecule has 1 fully saturated rings. The lowest BCUT2D eigenvalue weighted by Crippen LogP contribution is -2.47. The highest BCUT2D eigenvalue weighted by Crippen LogP contribution is 2.27. The highest BCUT2D eigenvalue weighted by atomic mass is 35.5. The molecule has 18 heavy (non-hydrogen) atoms. The number of likely N-dealkylation sites (N-methyl/N-ethyl adjacent to an activating group) is 2. The number of halogens is 1. The van der Waals surface area contributed by atoms with Crippen LogP contribution in [0.15, 0.2) is 24.3 Å². The van der Waals surface area contributed by atoms with Gasteiger partial charge in [0.05, 0.1) is 18.8 Å². The van der Waals surface area contributed by atoms with Crippen LogP contribution in [0.2, 0.25) is 5.02 Å². The van der Waals surface area contributed by atoms with Crippen molar-refractivity contribution in [3.63, 3.8) is 0 Å². The number of morpholine rings is 1. The average Bonchev–Trinajstić information content (AvgIpc) is 2.42. The van der Waals surface area contributed by atoms with Crippen LogP contribution >= 0.6 is 11.6 Å². The minimum absolute atomic E-state index is 0.146. The topological polar surface area (TPSA) is 24.5 Å². The van der Waals surface area contributed by atoms with E-state index in [1.165, 1.54) is 0 Å². The second-order valence-corrected chi connectivity index (χ2v) is 5.00. The molecule has 2 unspecified atom stereocenters. The van der Waals surface area contributed by atoms with Crippen molar-refractivity contribution in [1.29, 1.82) is 0 Å². The Labute approximate surface area is 114 Å². The maximum absolute atomic E-state index is 6.28. The first-order chi connectivity index (χ1) is 8.76. The van der Waals surface area contributed by atoms with Crippen molar-refractivity contribution in [2.75, 3.05) is 33.3 Å². The summed E-state index contributed by atoms with van der Waals surface area (Å²) in [5.74, 6) is 0. The van der Waals surface area contributed by atoms with E-state index in [1.807, 2.05) is 25.2 Å². The molecule has 4 heteroatoms. The molecule has 1 aliphatic heterocycles. The van der Waals surface area contributed by atoms with Crippen LogP contribution in [0.5, 0.6) is 0 Å². The first-order valence-corrected chi connectivity index (χ1v) is 6.89. The zero-order valence-electron chi connectivity index (χ0n) is 11.0. The van der Waals surface area contributed by atoms with E-state index in [0.29, 0.717) is 0 Å².